The predicted molar refractivity (Wildman–Crippen MR) is 89.5 cm³/mol. The first-order chi connectivity index (χ1) is 11.4. The van der Waals surface area contributed by atoms with Crippen LogP contribution in [0.2, 0.25) is 0 Å². The van der Waals surface area contributed by atoms with Gasteiger partial charge in [0.05, 0.1) is 17.5 Å². The Morgan fingerprint density at radius 2 is 2.25 bits per heavy atom. The van der Waals surface area contributed by atoms with Gasteiger partial charge in [-0.1, -0.05) is 0 Å². The van der Waals surface area contributed by atoms with Gasteiger partial charge in [-0.15, -0.1) is 0 Å². The Morgan fingerprint density at radius 3 is 2.96 bits per heavy atom. The lowest BCUT2D eigenvalue weighted by Crippen LogP contribution is -2.43. The van der Waals surface area contributed by atoms with Crippen LogP contribution in [0.15, 0.2) is 24.8 Å². The normalized spacial score (nSPS) is 21.0. The molecule has 1 fully saturated rings. The summed E-state index contributed by atoms with van der Waals surface area (Å²) in [5.74, 6) is 0.416. The second-order valence-electron chi connectivity index (χ2n) is 7.05. The molecule has 7 nitrogen and oxygen atoms in total. The molecule has 0 spiro atoms. The summed E-state index contributed by atoms with van der Waals surface area (Å²) in [5.41, 5.74) is -0.429. The Labute approximate surface area is 140 Å². The summed E-state index contributed by atoms with van der Waals surface area (Å²) in [4.78, 5) is 25.3. The molecule has 1 aliphatic heterocycles. The van der Waals surface area contributed by atoms with Crippen molar-refractivity contribution in [2.24, 2.45) is 5.41 Å². The topological polar surface area (TPSA) is 86.2 Å². The van der Waals surface area contributed by atoms with E-state index in [0.29, 0.717) is 32.0 Å². The van der Waals surface area contributed by atoms with Crippen LogP contribution in [0.3, 0.4) is 0 Å². The van der Waals surface area contributed by atoms with Crippen LogP contribution >= 0.6 is 0 Å². The van der Waals surface area contributed by atoms with E-state index < -0.39 is 11.0 Å². The zero-order chi connectivity index (χ0) is 17.2. The Bertz CT molecular complexity index is 731. The second-order valence-corrected chi connectivity index (χ2v) is 7.05. The fourth-order valence-corrected chi connectivity index (χ4v) is 2.67. The predicted octanol–water partition coefficient (Wildman–Crippen LogP) is 2.19. The number of carbonyl (C=O) groups excluding carboxylic acids is 1. The molecule has 128 valence electrons. The monoisotopic (exact) mass is 330 g/mol. The average Bonchev–Trinajstić information content (AvgIpc) is 3.01. The Morgan fingerprint density at radius 1 is 1.42 bits per heavy atom. The van der Waals surface area contributed by atoms with Crippen LogP contribution in [0.1, 0.15) is 27.2 Å². The van der Waals surface area contributed by atoms with Gasteiger partial charge in [-0.25, -0.2) is 15.0 Å². The molecule has 1 atom stereocenters. The summed E-state index contributed by atoms with van der Waals surface area (Å²) in [5, 5.41) is 4.08. The molecule has 1 aliphatic rings. The molecule has 1 unspecified atom stereocenters. The molecule has 0 amide bonds. The van der Waals surface area contributed by atoms with E-state index in [-0.39, 0.29) is 5.97 Å². The minimum absolute atomic E-state index is 0.239. The molecule has 7 heteroatoms. The summed E-state index contributed by atoms with van der Waals surface area (Å²) in [6.07, 6.45) is 5.52. The molecule has 2 aromatic rings. The first-order valence-corrected chi connectivity index (χ1v) is 7.99. The SMILES string of the molecule is CC(C)(C)OC(=O)C1(CNc2nccc3ncncc23)CCOC1. The van der Waals surface area contributed by atoms with Gasteiger partial charge in [0.15, 0.2) is 0 Å². The molecule has 2 aromatic heterocycles. The molecule has 0 aliphatic carbocycles. The van der Waals surface area contributed by atoms with Gasteiger partial charge in [0.2, 0.25) is 0 Å². The van der Waals surface area contributed by atoms with Crippen molar-refractivity contribution < 1.29 is 14.3 Å². The maximum absolute atomic E-state index is 12.7. The van der Waals surface area contributed by atoms with E-state index >= 15 is 0 Å². The quantitative estimate of drug-likeness (QED) is 0.860. The highest BCUT2D eigenvalue weighted by Gasteiger charge is 2.45. The van der Waals surface area contributed by atoms with E-state index in [1.165, 1.54) is 6.33 Å². The van der Waals surface area contributed by atoms with E-state index in [0.717, 1.165) is 10.9 Å². The number of esters is 1. The largest absolute Gasteiger partial charge is 0.459 e. The number of ether oxygens (including phenoxy) is 2. The van der Waals surface area contributed by atoms with Crippen LogP contribution in [0.5, 0.6) is 0 Å². The lowest BCUT2D eigenvalue weighted by Gasteiger charge is -2.30. The smallest absolute Gasteiger partial charge is 0.316 e. The molecule has 3 heterocycles. The molecular formula is C17H22N4O3. The minimum Gasteiger partial charge on any atom is -0.459 e. The van der Waals surface area contributed by atoms with Crippen LogP contribution in [0.25, 0.3) is 10.9 Å². The van der Waals surface area contributed by atoms with Crippen molar-refractivity contribution in [1.29, 1.82) is 0 Å². The number of carbonyl (C=O) groups is 1. The van der Waals surface area contributed by atoms with E-state index in [1.54, 1.807) is 12.4 Å². The second kappa shape index (κ2) is 6.32. The first kappa shape index (κ1) is 16.6. The number of rotatable bonds is 4. The minimum atomic E-state index is -0.702. The summed E-state index contributed by atoms with van der Waals surface area (Å²) in [7, 11) is 0. The van der Waals surface area contributed by atoms with E-state index in [1.807, 2.05) is 26.8 Å². The van der Waals surface area contributed by atoms with Crippen molar-refractivity contribution in [3.63, 3.8) is 0 Å². The third-order valence-electron chi connectivity index (χ3n) is 3.96. The highest BCUT2D eigenvalue weighted by molar-refractivity contribution is 5.88. The van der Waals surface area contributed by atoms with Crippen molar-refractivity contribution >= 4 is 22.7 Å². The van der Waals surface area contributed by atoms with E-state index in [2.05, 4.69) is 20.3 Å². The molecule has 1 saturated heterocycles. The van der Waals surface area contributed by atoms with Gasteiger partial charge in [-0.05, 0) is 33.3 Å². The molecule has 0 saturated carbocycles. The maximum Gasteiger partial charge on any atom is 0.316 e. The van der Waals surface area contributed by atoms with Gasteiger partial charge in [0.25, 0.3) is 0 Å². The summed E-state index contributed by atoms with van der Waals surface area (Å²) in [6.45, 7) is 6.88. The third-order valence-corrected chi connectivity index (χ3v) is 3.96. The molecule has 24 heavy (non-hydrogen) atoms. The number of fused-ring (bicyclic) bond motifs is 1. The third kappa shape index (κ3) is 3.46. The van der Waals surface area contributed by atoms with Crippen LogP contribution in [0.4, 0.5) is 5.82 Å². The summed E-state index contributed by atoms with van der Waals surface area (Å²) >= 11 is 0. The molecule has 0 aromatic carbocycles. The average molecular weight is 330 g/mol. The van der Waals surface area contributed by atoms with Crippen LogP contribution in [0, 0.1) is 5.41 Å². The number of anilines is 1. The lowest BCUT2D eigenvalue weighted by atomic mass is 9.87. The Balaban J connectivity index is 1.80. The van der Waals surface area contributed by atoms with E-state index in [9.17, 15) is 4.79 Å². The zero-order valence-corrected chi connectivity index (χ0v) is 14.2. The fourth-order valence-electron chi connectivity index (χ4n) is 2.67. The number of pyridine rings is 1. The van der Waals surface area contributed by atoms with Crippen molar-refractivity contribution in [2.75, 3.05) is 25.1 Å². The molecule has 1 N–H and O–H groups in total. The first-order valence-electron chi connectivity index (χ1n) is 7.99. The van der Waals surface area contributed by atoms with Gasteiger partial charge < -0.3 is 14.8 Å². The number of aromatic nitrogens is 3. The Hall–Kier alpha value is -2.28. The Kier molecular flexibility index (Phi) is 4.36. The van der Waals surface area contributed by atoms with E-state index in [4.69, 9.17) is 9.47 Å². The van der Waals surface area contributed by atoms with Crippen LogP contribution in [-0.4, -0.2) is 46.3 Å². The number of hydrogen-bond acceptors (Lipinski definition) is 7. The summed E-state index contributed by atoms with van der Waals surface area (Å²) < 4.78 is 11.1. The van der Waals surface area contributed by atoms with Gasteiger partial charge in [-0.2, -0.15) is 0 Å². The number of nitrogens with zero attached hydrogens (tertiary/aromatic N) is 3. The van der Waals surface area contributed by atoms with Gasteiger partial charge in [0.1, 0.15) is 23.2 Å². The van der Waals surface area contributed by atoms with Crippen molar-refractivity contribution in [3.8, 4) is 0 Å². The molecule has 3 rings (SSSR count). The van der Waals surface area contributed by atoms with Gasteiger partial charge in [-0.3, -0.25) is 4.79 Å². The molecule has 0 bridgehead atoms. The summed E-state index contributed by atoms with van der Waals surface area (Å²) in [6, 6.07) is 1.82. The van der Waals surface area contributed by atoms with Crippen molar-refractivity contribution in [3.05, 3.63) is 24.8 Å². The fraction of sp³-hybridized carbons (Fsp3) is 0.529. The van der Waals surface area contributed by atoms with Crippen LogP contribution < -0.4 is 5.32 Å². The van der Waals surface area contributed by atoms with Gasteiger partial charge >= 0.3 is 5.97 Å². The maximum atomic E-state index is 12.7. The molecular weight excluding hydrogens is 308 g/mol. The standard InChI is InChI=1S/C17H22N4O3/c1-16(2,3)24-15(22)17(5-7-23-10-17)9-20-14-12-8-18-11-21-13(12)4-6-19-14/h4,6,8,11H,5,7,9-10H2,1-3H3,(H,19,20). The van der Waals surface area contributed by atoms with Crippen molar-refractivity contribution in [1.82, 2.24) is 15.0 Å². The van der Waals surface area contributed by atoms with Crippen molar-refractivity contribution in [2.45, 2.75) is 32.8 Å². The van der Waals surface area contributed by atoms with Crippen LogP contribution in [-0.2, 0) is 14.3 Å². The lowest BCUT2D eigenvalue weighted by molar-refractivity contribution is -0.166. The molecule has 0 radical (unpaired) electrons. The number of nitrogens with one attached hydrogen (secondary N) is 1. The highest BCUT2D eigenvalue weighted by atomic mass is 16.6. The van der Waals surface area contributed by atoms with Gasteiger partial charge in [0, 0.05) is 25.5 Å². The zero-order valence-electron chi connectivity index (χ0n) is 14.2. The number of hydrogen-bond donors (Lipinski definition) is 1. The highest BCUT2D eigenvalue weighted by Crippen LogP contribution is 2.33.